The van der Waals surface area contributed by atoms with Crippen LogP contribution in [-0.2, 0) is 14.8 Å². The van der Waals surface area contributed by atoms with Gasteiger partial charge in [-0.25, -0.2) is 12.8 Å². The third-order valence-electron chi connectivity index (χ3n) is 2.68. The number of carbonyl (C=O) groups is 1. The number of carbonyl (C=O) groups excluding carboxylic acids is 1. The van der Waals surface area contributed by atoms with Crippen molar-refractivity contribution in [1.82, 2.24) is 9.62 Å². The Hall–Kier alpha value is -1.38. The Bertz CT molecular complexity index is 637. The summed E-state index contributed by atoms with van der Waals surface area (Å²) in [6.07, 6.45) is 0. The van der Waals surface area contributed by atoms with Crippen LogP contribution < -0.4 is 11.1 Å². The predicted molar refractivity (Wildman–Crippen MR) is 78.9 cm³/mol. The molecule has 118 valence electrons. The third kappa shape index (κ3) is 4.05. The van der Waals surface area contributed by atoms with Gasteiger partial charge in [-0.05, 0) is 19.1 Å². The first kappa shape index (κ1) is 17.7. The van der Waals surface area contributed by atoms with E-state index in [2.05, 4.69) is 5.32 Å². The van der Waals surface area contributed by atoms with Gasteiger partial charge in [-0.15, -0.1) is 0 Å². The molecule has 1 aromatic rings. The maximum Gasteiger partial charge on any atom is 0.246 e. The van der Waals surface area contributed by atoms with Crippen LogP contribution in [0.2, 0.25) is 5.02 Å². The molecule has 0 radical (unpaired) electrons. The van der Waals surface area contributed by atoms with Gasteiger partial charge in [0.1, 0.15) is 4.90 Å². The van der Waals surface area contributed by atoms with Crippen molar-refractivity contribution in [2.75, 3.05) is 25.4 Å². The molecule has 0 atom stereocenters. The average molecular weight is 338 g/mol. The van der Waals surface area contributed by atoms with Gasteiger partial charge in [0, 0.05) is 18.8 Å². The summed E-state index contributed by atoms with van der Waals surface area (Å²) < 4.78 is 39.7. The van der Waals surface area contributed by atoms with E-state index < -0.39 is 33.2 Å². The largest absolute Gasteiger partial charge is 0.399 e. The van der Waals surface area contributed by atoms with E-state index in [1.165, 1.54) is 0 Å². The van der Waals surface area contributed by atoms with E-state index in [9.17, 15) is 17.6 Å². The van der Waals surface area contributed by atoms with Crippen LogP contribution in [0, 0.1) is 5.82 Å². The average Bonchev–Trinajstić information content (AvgIpc) is 2.40. The summed E-state index contributed by atoms with van der Waals surface area (Å²) in [5.41, 5.74) is 5.52. The zero-order valence-electron chi connectivity index (χ0n) is 11.7. The van der Waals surface area contributed by atoms with E-state index in [4.69, 9.17) is 17.3 Å². The number of hydrogen-bond acceptors (Lipinski definition) is 4. The number of anilines is 1. The van der Waals surface area contributed by atoms with Crippen molar-refractivity contribution in [1.29, 1.82) is 0 Å². The highest BCUT2D eigenvalue weighted by atomic mass is 35.5. The number of nitrogen functional groups attached to an aromatic ring is 1. The Balaban J connectivity index is 3.22. The Morgan fingerprint density at radius 1 is 1.43 bits per heavy atom. The molecule has 0 aliphatic rings. The van der Waals surface area contributed by atoms with Crippen LogP contribution in [-0.4, -0.2) is 38.3 Å². The molecule has 0 heterocycles. The van der Waals surface area contributed by atoms with Gasteiger partial charge >= 0.3 is 0 Å². The summed E-state index contributed by atoms with van der Waals surface area (Å²) in [4.78, 5) is 10.9. The summed E-state index contributed by atoms with van der Waals surface area (Å²) in [6.45, 7) is 3.22. The van der Waals surface area contributed by atoms with Crippen molar-refractivity contribution in [2.45, 2.75) is 18.7 Å². The number of sulfonamides is 1. The van der Waals surface area contributed by atoms with Crippen molar-refractivity contribution < 1.29 is 17.6 Å². The number of amides is 1. The summed E-state index contributed by atoms with van der Waals surface area (Å²) >= 11 is 5.61. The molecule has 0 saturated heterocycles. The lowest BCUT2D eigenvalue weighted by molar-refractivity contribution is -0.121. The van der Waals surface area contributed by atoms with Crippen LogP contribution in [0.1, 0.15) is 13.8 Å². The van der Waals surface area contributed by atoms with Gasteiger partial charge in [-0.3, -0.25) is 4.79 Å². The summed E-state index contributed by atoms with van der Waals surface area (Å²) in [5.74, 6) is -1.56. The first-order valence-corrected chi connectivity index (χ1v) is 8.07. The van der Waals surface area contributed by atoms with Gasteiger partial charge in [0.25, 0.3) is 0 Å². The molecule has 21 heavy (non-hydrogen) atoms. The number of nitrogens with one attached hydrogen (secondary N) is 1. The lowest BCUT2D eigenvalue weighted by Crippen LogP contribution is -2.40. The molecule has 0 aliphatic carbocycles. The molecule has 0 fully saturated rings. The molecule has 0 aliphatic heterocycles. The number of halogens is 2. The quantitative estimate of drug-likeness (QED) is 0.763. The van der Waals surface area contributed by atoms with E-state index >= 15 is 0 Å². The third-order valence-corrected chi connectivity index (χ3v) is 4.88. The van der Waals surface area contributed by atoms with Crippen LogP contribution in [0.5, 0.6) is 0 Å². The predicted octanol–water partition coefficient (Wildman–Crippen LogP) is 1.21. The fraction of sp³-hybridized carbons (Fsp3) is 0.417. The molecule has 9 heteroatoms. The second kappa shape index (κ2) is 7.06. The number of hydrogen-bond donors (Lipinski definition) is 2. The van der Waals surface area contributed by atoms with E-state index in [1.54, 1.807) is 13.8 Å². The molecule has 3 N–H and O–H groups in total. The van der Waals surface area contributed by atoms with Crippen LogP contribution >= 0.6 is 11.6 Å². The maximum atomic E-state index is 14.0. The molecule has 6 nitrogen and oxygen atoms in total. The lowest BCUT2D eigenvalue weighted by atomic mass is 10.3. The molecule has 1 rings (SSSR count). The van der Waals surface area contributed by atoms with E-state index in [1.807, 2.05) is 0 Å². The van der Waals surface area contributed by atoms with Gasteiger partial charge in [-0.2, -0.15) is 4.31 Å². The normalized spacial score (nSPS) is 11.7. The Kier molecular flexibility index (Phi) is 5.94. The number of benzene rings is 1. The summed E-state index contributed by atoms with van der Waals surface area (Å²) in [6, 6.07) is 2.10. The van der Waals surface area contributed by atoms with Gasteiger partial charge in [-0.1, -0.05) is 18.5 Å². The Labute approximate surface area is 128 Å². The lowest BCUT2D eigenvalue weighted by Gasteiger charge is -2.20. The highest BCUT2D eigenvalue weighted by Gasteiger charge is 2.29. The highest BCUT2D eigenvalue weighted by Crippen LogP contribution is 2.27. The molecule has 0 spiro atoms. The molecule has 0 saturated carbocycles. The van der Waals surface area contributed by atoms with Crippen LogP contribution in [0.4, 0.5) is 10.1 Å². The smallest absolute Gasteiger partial charge is 0.246 e. The number of nitrogens with two attached hydrogens (primary N) is 1. The van der Waals surface area contributed by atoms with Crippen molar-refractivity contribution in [3.8, 4) is 0 Å². The minimum Gasteiger partial charge on any atom is -0.399 e. The molecule has 0 unspecified atom stereocenters. The van der Waals surface area contributed by atoms with E-state index in [0.717, 1.165) is 16.4 Å². The van der Waals surface area contributed by atoms with Crippen molar-refractivity contribution in [3.63, 3.8) is 0 Å². The monoisotopic (exact) mass is 337 g/mol. The zero-order chi connectivity index (χ0) is 16.2. The first-order valence-electron chi connectivity index (χ1n) is 6.25. The van der Waals surface area contributed by atoms with Crippen LogP contribution in [0.15, 0.2) is 17.0 Å². The first-order chi connectivity index (χ1) is 9.73. The second-order valence-corrected chi connectivity index (χ2v) is 6.51. The molecule has 0 aromatic heterocycles. The van der Waals surface area contributed by atoms with Gasteiger partial charge < -0.3 is 11.1 Å². The Morgan fingerprint density at radius 3 is 2.57 bits per heavy atom. The van der Waals surface area contributed by atoms with E-state index in [0.29, 0.717) is 6.54 Å². The van der Waals surface area contributed by atoms with Crippen molar-refractivity contribution in [3.05, 3.63) is 23.0 Å². The topological polar surface area (TPSA) is 92.5 Å². The fourth-order valence-corrected chi connectivity index (χ4v) is 3.50. The standard InChI is InChI=1S/C12H17ClFN3O3S/c1-3-16-11(18)7-17(4-2)21(19,20)10-6-8(15)5-9(13)12(10)14/h5-6H,3-4,7,15H2,1-2H3,(H,16,18). The van der Waals surface area contributed by atoms with Gasteiger partial charge in [0.05, 0.1) is 11.6 Å². The molecular formula is C12H17ClFN3O3S. The highest BCUT2D eigenvalue weighted by molar-refractivity contribution is 7.89. The minimum absolute atomic E-state index is 0.00528. The summed E-state index contributed by atoms with van der Waals surface area (Å²) in [7, 11) is -4.21. The Morgan fingerprint density at radius 2 is 2.05 bits per heavy atom. The van der Waals surface area contributed by atoms with Gasteiger partial charge in [0.15, 0.2) is 5.82 Å². The maximum absolute atomic E-state index is 14.0. The number of rotatable bonds is 6. The van der Waals surface area contributed by atoms with Crippen molar-refractivity contribution >= 4 is 33.2 Å². The van der Waals surface area contributed by atoms with Crippen LogP contribution in [0.25, 0.3) is 0 Å². The second-order valence-electron chi connectivity index (χ2n) is 4.20. The van der Waals surface area contributed by atoms with Crippen LogP contribution in [0.3, 0.4) is 0 Å². The zero-order valence-corrected chi connectivity index (χ0v) is 13.3. The van der Waals surface area contributed by atoms with E-state index in [-0.39, 0.29) is 17.3 Å². The SMILES string of the molecule is CCNC(=O)CN(CC)S(=O)(=O)c1cc(N)cc(Cl)c1F. The molecule has 0 bridgehead atoms. The number of nitrogens with zero attached hydrogens (tertiary/aromatic N) is 1. The fourth-order valence-electron chi connectivity index (χ4n) is 1.69. The number of likely N-dealkylation sites (N-methyl/N-ethyl adjacent to an activating group) is 2. The van der Waals surface area contributed by atoms with Crippen molar-refractivity contribution in [2.24, 2.45) is 0 Å². The molecular weight excluding hydrogens is 321 g/mol. The molecule has 1 amide bonds. The molecule has 1 aromatic carbocycles. The minimum atomic E-state index is -4.21. The summed E-state index contributed by atoms with van der Waals surface area (Å²) in [5, 5.41) is 2.10. The van der Waals surface area contributed by atoms with Gasteiger partial charge in [0.2, 0.25) is 15.9 Å².